The number of fused-ring (bicyclic) bond motifs is 1. The van der Waals surface area contributed by atoms with Crippen molar-refractivity contribution in [3.63, 3.8) is 0 Å². The molecule has 5 atom stereocenters. The molecule has 5 rings (SSSR count). The average molecular weight is 746 g/mol. The molecule has 1 saturated heterocycles. The van der Waals surface area contributed by atoms with E-state index in [0.717, 1.165) is 44.2 Å². The quantitative estimate of drug-likeness (QED) is 0.231. The second kappa shape index (κ2) is 15.8. The Labute approximate surface area is 301 Å². The molecule has 1 fully saturated rings. The summed E-state index contributed by atoms with van der Waals surface area (Å²) >= 11 is 7.79. The molecule has 2 aliphatic rings. The zero-order chi connectivity index (χ0) is 37.1. The second-order valence-corrected chi connectivity index (χ2v) is 13.6. The number of thioether (sulfide) groups is 1. The monoisotopic (exact) mass is 745 g/mol. The summed E-state index contributed by atoms with van der Waals surface area (Å²) in [5, 5.41) is 21.5. The molecule has 0 spiro atoms. The maximum absolute atomic E-state index is 13.4. The van der Waals surface area contributed by atoms with Crippen molar-refractivity contribution in [3.05, 3.63) is 57.2 Å². The molecule has 0 unspecified atom stereocenters. The van der Waals surface area contributed by atoms with Gasteiger partial charge in [-0.2, -0.15) is 0 Å². The van der Waals surface area contributed by atoms with Crippen LogP contribution in [0.1, 0.15) is 39.7 Å². The third-order valence-electron chi connectivity index (χ3n) is 8.10. The summed E-state index contributed by atoms with van der Waals surface area (Å²) in [5.41, 5.74) is -0.251. The summed E-state index contributed by atoms with van der Waals surface area (Å²) in [7, 11) is 1.96. The number of likely N-dealkylation sites (N-methyl/N-ethyl adjacent to an activating group) is 1. The number of esters is 4. The number of phenolic OH excluding ortho intramolecular Hbond substituents is 2. The maximum Gasteiger partial charge on any atom is 0.303 e. The predicted octanol–water partition coefficient (Wildman–Crippen LogP) is 4.42. The smallest absolute Gasteiger partial charge is 0.303 e. The Morgan fingerprint density at radius 1 is 0.922 bits per heavy atom. The highest BCUT2D eigenvalue weighted by Crippen LogP contribution is 2.43. The normalized spacial score (nSPS) is 22.2. The summed E-state index contributed by atoms with van der Waals surface area (Å²) in [6, 6.07) is 7.07. The Kier molecular flexibility index (Phi) is 11.6. The molecule has 0 amide bonds. The first kappa shape index (κ1) is 37.7. The van der Waals surface area contributed by atoms with Crippen molar-refractivity contribution in [2.24, 2.45) is 0 Å². The minimum absolute atomic E-state index is 0.0119. The van der Waals surface area contributed by atoms with Crippen LogP contribution in [-0.4, -0.2) is 95.6 Å². The van der Waals surface area contributed by atoms with Crippen LogP contribution in [0.2, 0.25) is 5.02 Å². The van der Waals surface area contributed by atoms with E-state index < -0.39 is 64.9 Å². The van der Waals surface area contributed by atoms with Crippen molar-refractivity contribution in [1.29, 1.82) is 0 Å². The largest absolute Gasteiger partial charge is 0.507 e. The van der Waals surface area contributed by atoms with E-state index >= 15 is 0 Å². The summed E-state index contributed by atoms with van der Waals surface area (Å²) in [6.45, 7) is 5.54. The highest BCUT2D eigenvalue weighted by molar-refractivity contribution is 7.99. The minimum atomic E-state index is -1.34. The molecule has 14 nitrogen and oxygen atoms in total. The third kappa shape index (κ3) is 8.67. The number of rotatable bonds is 9. The van der Waals surface area contributed by atoms with E-state index in [2.05, 4.69) is 4.90 Å². The van der Waals surface area contributed by atoms with Gasteiger partial charge in [0.2, 0.25) is 0 Å². The van der Waals surface area contributed by atoms with Crippen LogP contribution in [0, 0.1) is 0 Å². The van der Waals surface area contributed by atoms with E-state index in [0.29, 0.717) is 35.5 Å². The lowest BCUT2D eigenvalue weighted by Gasteiger charge is -2.44. The molecule has 0 aliphatic carbocycles. The van der Waals surface area contributed by atoms with Crippen LogP contribution >= 0.6 is 23.4 Å². The van der Waals surface area contributed by atoms with Crippen LogP contribution in [0.15, 0.2) is 50.5 Å². The fraction of sp³-hybridized carbons (Fsp3) is 0.400. The first-order valence-electron chi connectivity index (χ1n) is 15.8. The molecule has 2 aliphatic heterocycles. The molecule has 3 aromatic rings. The number of hydrogen-bond acceptors (Lipinski definition) is 15. The SMILES string of the molecule is CC(=O)OC[C@@H]1O[C@@H](Sc2ccc(-c3cc(=O)c4c(O)cc(O)c(C5=CCN(C)CC5)c4o3)c(Cl)c2)[C@@H](OC(C)=O)[C@H](OC(C)=O)[C@H]1OC(C)=O. The number of hydrogen-bond donors (Lipinski definition) is 2. The van der Waals surface area contributed by atoms with Gasteiger partial charge in [0.05, 0.1) is 10.6 Å². The molecule has 2 aromatic carbocycles. The van der Waals surface area contributed by atoms with Gasteiger partial charge in [-0.15, -0.1) is 0 Å². The Bertz CT molecular complexity index is 1960. The first-order chi connectivity index (χ1) is 24.1. The molecule has 51 heavy (non-hydrogen) atoms. The standard InChI is InChI=1S/C35H36ClNO13S/c1-16(38)45-15-28-31(46-17(2)39)33(47-18(3)40)34(48-19(4)41)35(50-28)51-21-6-7-22(23(36)12-21)27-14-26(44)30-25(43)13-24(42)29(32(30)49-27)20-8-10-37(5)11-9-20/h6-8,12-14,28,31,33-35,42-43H,9-11,15H2,1-5H3/t28-,31-,33+,34-,35-/m0/s1. The van der Waals surface area contributed by atoms with Crippen molar-refractivity contribution in [2.45, 2.75) is 68.9 Å². The van der Waals surface area contributed by atoms with Gasteiger partial charge in [0.15, 0.2) is 29.3 Å². The zero-order valence-electron chi connectivity index (χ0n) is 28.3. The molecule has 16 heteroatoms. The summed E-state index contributed by atoms with van der Waals surface area (Å²) < 4.78 is 34.0. The lowest BCUT2D eigenvalue weighted by atomic mass is 9.96. The number of carbonyl (C=O) groups is 4. The van der Waals surface area contributed by atoms with E-state index in [-0.39, 0.29) is 34.1 Å². The molecule has 0 saturated carbocycles. The number of halogens is 1. The predicted molar refractivity (Wildman–Crippen MR) is 184 cm³/mol. The van der Waals surface area contributed by atoms with Crippen LogP contribution in [0.5, 0.6) is 11.5 Å². The van der Waals surface area contributed by atoms with E-state index in [4.69, 9.17) is 39.7 Å². The average Bonchev–Trinajstić information content (AvgIpc) is 3.02. The van der Waals surface area contributed by atoms with E-state index in [1.165, 1.54) is 13.0 Å². The number of phenols is 2. The van der Waals surface area contributed by atoms with Crippen LogP contribution in [0.3, 0.4) is 0 Å². The Balaban J connectivity index is 1.53. The van der Waals surface area contributed by atoms with Gasteiger partial charge in [-0.05, 0) is 37.2 Å². The van der Waals surface area contributed by atoms with Crippen molar-refractivity contribution in [1.82, 2.24) is 4.90 Å². The van der Waals surface area contributed by atoms with Gasteiger partial charge in [0.1, 0.15) is 40.8 Å². The van der Waals surface area contributed by atoms with E-state index in [9.17, 15) is 34.2 Å². The van der Waals surface area contributed by atoms with Crippen molar-refractivity contribution in [3.8, 4) is 22.8 Å². The number of ether oxygens (including phenoxy) is 5. The first-order valence-corrected chi connectivity index (χ1v) is 17.1. The maximum atomic E-state index is 13.4. The number of benzene rings is 2. The van der Waals surface area contributed by atoms with Crippen molar-refractivity contribution < 1.29 is 57.5 Å². The Hall–Kier alpha value is -4.57. The second-order valence-electron chi connectivity index (χ2n) is 12.0. The summed E-state index contributed by atoms with van der Waals surface area (Å²) in [4.78, 5) is 64.0. The van der Waals surface area contributed by atoms with Crippen molar-refractivity contribution >= 4 is 63.8 Å². The van der Waals surface area contributed by atoms with Crippen LogP contribution in [-0.2, 0) is 42.9 Å². The van der Waals surface area contributed by atoms with E-state index in [1.807, 2.05) is 13.1 Å². The molecule has 0 radical (unpaired) electrons. The van der Waals surface area contributed by atoms with E-state index in [1.54, 1.807) is 18.2 Å². The number of carbonyl (C=O) groups excluding carboxylic acids is 4. The van der Waals surface area contributed by atoms with Gasteiger partial charge < -0.3 is 43.2 Å². The summed E-state index contributed by atoms with van der Waals surface area (Å²) in [5.74, 6) is -3.48. The fourth-order valence-electron chi connectivity index (χ4n) is 5.93. The van der Waals surface area contributed by atoms with Gasteiger partial charge in [-0.25, -0.2) is 0 Å². The molecule has 1 aromatic heterocycles. The van der Waals surface area contributed by atoms with Crippen LogP contribution in [0.4, 0.5) is 0 Å². The van der Waals surface area contributed by atoms with Gasteiger partial charge in [0.25, 0.3) is 0 Å². The Morgan fingerprint density at radius 3 is 2.20 bits per heavy atom. The van der Waals surface area contributed by atoms with Gasteiger partial charge in [-0.1, -0.05) is 29.4 Å². The van der Waals surface area contributed by atoms with Gasteiger partial charge in [-0.3, -0.25) is 24.0 Å². The van der Waals surface area contributed by atoms with Crippen LogP contribution in [0.25, 0.3) is 27.9 Å². The lowest BCUT2D eigenvalue weighted by molar-refractivity contribution is -0.237. The lowest BCUT2D eigenvalue weighted by Crippen LogP contribution is -2.61. The highest BCUT2D eigenvalue weighted by atomic mass is 35.5. The topological polar surface area (TPSA) is 188 Å². The minimum Gasteiger partial charge on any atom is -0.507 e. The third-order valence-corrected chi connectivity index (χ3v) is 9.55. The molecule has 3 heterocycles. The molecule has 0 bridgehead atoms. The molecule has 272 valence electrons. The highest BCUT2D eigenvalue weighted by Gasteiger charge is 2.52. The van der Waals surface area contributed by atoms with Gasteiger partial charge >= 0.3 is 23.9 Å². The zero-order valence-corrected chi connectivity index (χ0v) is 29.9. The molecule has 2 N–H and O–H groups in total. The molecular formula is C35H36ClNO13S. The number of aromatic hydroxyl groups is 2. The summed E-state index contributed by atoms with van der Waals surface area (Å²) in [6.07, 6.45) is -2.57. The molecular weight excluding hydrogens is 710 g/mol. The van der Waals surface area contributed by atoms with Crippen molar-refractivity contribution in [2.75, 3.05) is 26.7 Å². The van der Waals surface area contributed by atoms with Gasteiger partial charge in [0, 0.05) is 63.4 Å². The number of nitrogens with zero attached hydrogens (tertiary/aromatic N) is 1. The Morgan fingerprint density at radius 2 is 1.59 bits per heavy atom. The van der Waals surface area contributed by atoms with Crippen LogP contribution < -0.4 is 5.43 Å². The fourth-order valence-corrected chi connectivity index (χ4v) is 7.41.